The summed E-state index contributed by atoms with van der Waals surface area (Å²) in [6.07, 6.45) is 1.29. The van der Waals surface area contributed by atoms with Gasteiger partial charge in [-0.2, -0.15) is 0 Å². The average Bonchev–Trinajstić information content (AvgIpc) is 2.89. The molecule has 0 saturated carbocycles. The Hall–Kier alpha value is -4.34. The third-order valence-electron chi connectivity index (χ3n) is 5.84. The molecular formula is C29H25Cl2N3O6. The molecule has 0 spiro atoms. The molecule has 40 heavy (non-hydrogen) atoms. The van der Waals surface area contributed by atoms with Crippen LogP contribution >= 0.6 is 23.2 Å². The Morgan fingerprint density at radius 1 is 1.00 bits per heavy atom. The third kappa shape index (κ3) is 6.44. The molecule has 1 heterocycles. The lowest BCUT2D eigenvalue weighted by molar-refractivity contribution is -0.122. The van der Waals surface area contributed by atoms with Gasteiger partial charge in [0.25, 0.3) is 17.7 Å². The van der Waals surface area contributed by atoms with Crippen LogP contribution in [0.2, 0.25) is 10.0 Å². The normalized spacial score (nSPS) is 14.3. The number of rotatable bonds is 8. The number of barbiturate groups is 1. The van der Waals surface area contributed by atoms with E-state index in [1.165, 1.54) is 24.3 Å². The van der Waals surface area contributed by atoms with Crippen molar-refractivity contribution in [3.8, 4) is 11.5 Å². The Morgan fingerprint density at radius 3 is 2.42 bits per heavy atom. The number of hydrogen-bond donors (Lipinski definition) is 2. The van der Waals surface area contributed by atoms with Crippen molar-refractivity contribution in [2.45, 2.75) is 20.8 Å². The van der Waals surface area contributed by atoms with Gasteiger partial charge in [0, 0.05) is 10.7 Å². The number of carbonyl (C=O) groups is 4. The zero-order valence-electron chi connectivity index (χ0n) is 21.8. The van der Waals surface area contributed by atoms with Crippen LogP contribution in [0.1, 0.15) is 23.6 Å². The molecule has 3 aromatic carbocycles. The van der Waals surface area contributed by atoms with Gasteiger partial charge >= 0.3 is 6.03 Å². The van der Waals surface area contributed by atoms with Crippen molar-refractivity contribution in [1.82, 2.24) is 5.32 Å². The fourth-order valence-corrected chi connectivity index (χ4v) is 4.35. The molecule has 1 saturated heterocycles. The topological polar surface area (TPSA) is 114 Å². The van der Waals surface area contributed by atoms with Gasteiger partial charge in [-0.1, -0.05) is 47.0 Å². The molecule has 0 aromatic heterocycles. The zero-order chi connectivity index (χ0) is 29.0. The van der Waals surface area contributed by atoms with E-state index in [-0.39, 0.29) is 41.0 Å². The van der Waals surface area contributed by atoms with Crippen molar-refractivity contribution in [1.29, 1.82) is 0 Å². The number of urea groups is 1. The van der Waals surface area contributed by atoms with Crippen molar-refractivity contribution < 1.29 is 28.7 Å². The number of amides is 5. The SMILES string of the molecule is CCOc1cc(/C=C2\C(=O)NC(=O)N(c3cc(Cl)ccc3C)C2=O)cc(Cl)c1OCC(=O)Nc1ccc(C)cc1. The molecule has 0 atom stereocenters. The number of hydrogen-bond acceptors (Lipinski definition) is 6. The lowest BCUT2D eigenvalue weighted by Gasteiger charge is -2.27. The summed E-state index contributed by atoms with van der Waals surface area (Å²) in [4.78, 5) is 51.8. The first-order valence-corrected chi connectivity index (χ1v) is 13.0. The molecular weight excluding hydrogens is 557 g/mol. The molecule has 1 fully saturated rings. The molecule has 1 aliphatic rings. The Bertz CT molecular complexity index is 1540. The van der Waals surface area contributed by atoms with Gasteiger partial charge in [0.15, 0.2) is 18.1 Å². The molecule has 206 valence electrons. The Balaban J connectivity index is 1.60. The minimum atomic E-state index is -0.891. The van der Waals surface area contributed by atoms with E-state index in [0.717, 1.165) is 10.5 Å². The highest BCUT2D eigenvalue weighted by molar-refractivity contribution is 6.40. The number of halogens is 2. The summed E-state index contributed by atoms with van der Waals surface area (Å²) in [5.41, 5.74) is 2.56. The van der Waals surface area contributed by atoms with E-state index in [1.54, 1.807) is 38.1 Å². The minimum Gasteiger partial charge on any atom is -0.490 e. The highest BCUT2D eigenvalue weighted by Crippen LogP contribution is 2.38. The van der Waals surface area contributed by atoms with Gasteiger partial charge in [-0.3, -0.25) is 19.7 Å². The van der Waals surface area contributed by atoms with Crippen LogP contribution in [-0.2, 0) is 14.4 Å². The van der Waals surface area contributed by atoms with E-state index in [9.17, 15) is 19.2 Å². The number of aryl methyl sites for hydroxylation is 2. The Morgan fingerprint density at radius 2 is 1.73 bits per heavy atom. The van der Waals surface area contributed by atoms with E-state index < -0.39 is 23.8 Å². The zero-order valence-corrected chi connectivity index (χ0v) is 23.4. The monoisotopic (exact) mass is 581 g/mol. The Labute approximate surface area is 240 Å². The first kappa shape index (κ1) is 28.7. The molecule has 5 amide bonds. The van der Waals surface area contributed by atoms with Gasteiger partial charge < -0.3 is 14.8 Å². The highest BCUT2D eigenvalue weighted by Gasteiger charge is 2.37. The summed E-state index contributed by atoms with van der Waals surface area (Å²) in [5.74, 6) is -1.78. The second-order valence-corrected chi connectivity index (χ2v) is 9.70. The number of nitrogens with one attached hydrogen (secondary N) is 2. The molecule has 0 radical (unpaired) electrons. The van der Waals surface area contributed by atoms with Crippen molar-refractivity contribution in [3.05, 3.63) is 86.9 Å². The van der Waals surface area contributed by atoms with E-state index in [1.807, 2.05) is 19.1 Å². The molecule has 0 aliphatic carbocycles. The van der Waals surface area contributed by atoms with Crippen molar-refractivity contribution >= 4 is 64.4 Å². The fourth-order valence-electron chi connectivity index (χ4n) is 3.91. The van der Waals surface area contributed by atoms with Crippen LogP contribution in [0.15, 0.2) is 60.2 Å². The smallest absolute Gasteiger partial charge is 0.335 e. The number of ether oxygens (including phenoxy) is 2. The first-order valence-electron chi connectivity index (χ1n) is 12.2. The lowest BCUT2D eigenvalue weighted by Crippen LogP contribution is -2.54. The summed E-state index contributed by atoms with van der Waals surface area (Å²) in [6.45, 7) is 5.31. The summed E-state index contributed by atoms with van der Waals surface area (Å²) in [7, 11) is 0. The number of imide groups is 2. The maximum atomic E-state index is 13.3. The van der Waals surface area contributed by atoms with E-state index in [4.69, 9.17) is 32.7 Å². The third-order valence-corrected chi connectivity index (χ3v) is 6.36. The van der Waals surface area contributed by atoms with E-state index >= 15 is 0 Å². The molecule has 0 bridgehead atoms. The average molecular weight is 582 g/mol. The predicted molar refractivity (Wildman–Crippen MR) is 153 cm³/mol. The van der Waals surface area contributed by atoms with Gasteiger partial charge in [-0.05, 0) is 74.4 Å². The van der Waals surface area contributed by atoms with Crippen LogP contribution < -0.4 is 25.0 Å². The van der Waals surface area contributed by atoms with Crippen LogP contribution in [-0.4, -0.2) is 37.0 Å². The molecule has 3 aromatic rings. The number of carbonyl (C=O) groups excluding carboxylic acids is 4. The summed E-state index contributed by atoms with van der Waals surface area (Å²) in [6, 6.07) is 14.1. The number of benzene rings is 3. The summed E-state index contributed by atoms with van der Waals surface area (Å²) < 4.78 is 11.3. The number of anilines is 2. The van der Waals surface area contributed by atoms with Gasteiger partial charge in [-0.25, -0.2) is 9.69 Å². The van der Waals surface area contributed by atoms with Gasteiger partial charge in [-0.15, -0.1) is 0 Å². The van der Waals surface area contributed by atoms with Gasteiger partial charge in [0.1, 0.15) is 5.57 Å². The number of nitrogens with zero attached hydrogens (tertiary/aromatic N) is 1. The van der Waals surface area contributed by atoms with Crippen LogP contribution in [0.5, 0.6) is 11.5 Å². The van der Waals surface area contributed by atoms with Crippen LogP contribution in [0.4, 0.5) is 16.2 Å². The van der Waals surface area contributed by atoms with Crippen LogP contribution in [0, 0.1) is 13.8 Å². The lowest BCUT2D eigenvalue weighted by atomic mass is 10.1. The maximum absolute atomic E-state index is 13.3. The van der Waals surface area contributed by atoms with Crippen LogP contribution in [0.3, 0.4) is 0 Å². The summed E-state index contributed by atoms with van der Waals surface area (Å²) >= 11 is 12.6. The fraction of sp³-hybridized carbons (Fsp3) is 0.172. The van der Waals surface area contributed by atoms with E-state index in [2.05, 4.69) is 10.6 Å². The largest absolute Gasteiger partial charge is 0.490 e. The molecule has 1 aliphatic heterocycles. The van der Waals surface area contributed by atoms with Crippen molar-refractivity contribution in [2.24, 2.45) is 0 Å². The second kappa shape index (κ2) is 12.2. The Kier molecular flexibility index (Phi) is 8.77. The highest BCUT2D eigenvalue weighted by atomic mass is 35.5. The van der Waals surface area contributed by atoms with Crippen LogP contribution in [0.25, 0.3) is 6.08 Å². The predicted octanol–water partition coefficient (Wildman–Crippen LogP) is 5.69. The molecule has 2 N–H and O–H groups in total. The van der Waals surface area contributed by atoms with Crippen molar-refractivity contribution in [3.63, 3.8) is 0 Å². The molecule has 9 nitrogen and oxygen atoms in total. The first-order chi connectivity index (χ1) is 19.1. The minimum absolute atomic E-state index is 0.0863. The van der Waals surface area contributed by atoms with Gasteiger partial charge in [0.05, 0.1) is 17.3 Å². The molecule has 0 unspecified atom stereocenters. The standard InChI is InChI=1S/C29H25Cl2N3O6/c1-4-39-24-13-18(12-22(31)26(24)40-15-25(35)32-20-9-5-16(2)6-10-20)11-21-27(36)33-29(38)34(28(21)37)23-14-19(30)8-7-17(23)3/h5-14H,4,15H2,1-3H3,(H,32,35)(H,33,36,38)/b21-11+. The molecule has 4 rings (SSSR count). The maximum Gasteiger partial charge on any atom is 0.335 e. The second-order valence-electron chi connectivity index (χ2n) is 8.85. The van der Waals surface area contributed by atoms with E-state index in [0.29, 0.717) is 21.8 Å². The quantitative estimate of drug-likeness (QED) is 0.261. The molecule has 11 heteroatoms. The summed E-state index contributed by atoms with van der Waals surface area (Å²) in [5, 5.41) is 5.32. The van der Waals surface area contributed by atoms with Crippen molar-refractivity contribution in [2.75, 3.05) is 23.4 Å². The van der Waals surface area contributed by atoms with Gasteiger partial charge in [0.2, 0.25) is 0 Å².